The number of carbonyl (C=O) groups is 1. The molecule has 4 nitrogen and oxygen atoms in total. The van der Waals surface area contributed by atoms with Crippen LogP contribution in [0.5, 0.6) is 0 Å². The van der Waals surface area contributed by atoms with Gasteiger partial charge in [0, 0.05) is 12.4 Å². The van der Waals surface area contributed by atoms with Crippen LogP contribution in [0, 0.1) is 6.92 Å². The van der Waals surface area contributed by atoms with Gasteiger partial charge in [-0.2, -0.15) is 0 Å². The van der Waals surface area contributed by atoms with Crippen molar-refractivity contribution in [3.63, 3.8) is 0 Å². The van der Waals surface area contributed by atoms with E-state index in [1.807, 2.05) is 13.8 Å². The molecule has 0 unspecified atom stereocenters. The van der Waals surface area contributed by atoms with Crippen molar-refractivity contribution in [2.45, 2.75) is 26.3 Å². The van der Waals surface area contributed by atoms with E-state index in [0.29, 0.717) is 12.0 Å². The quantitative estimate of drug-likeness (QED) is 0.772. The van der Waals surface area contributed by atoms with E-state index in [0.717, 1.165) is 5.56 Å². The summed E-state index contributed by atoms with van der Waals surface area (Å²) in [6.45, 7) is 3.75. The number of pyridine rings is 1. The highest BCUT2D eigenvalue weighted by Crippen LogP contribution is 2.02. The molecule has 1 atom stereocenters. The first-order valence-corrected chi connectivity index (χ1v) is 5.00. The van der Waals surface area contributed by atoms with Gasteiger partial charge in [-0.25, -0.2) is 0 Å². The first kappa shape index (κ1) is 11.7. The Morgan fingerprint density at radius 2 is 2.33 bits per heavy atom. The van der Waals surface area contributed by atoms with Gasteiger partial charge in [-0.15, -0.1) is 0 Å². The lowest BCUT2D eigenvalue weighted by atomic mass is 10.2. The van der Waals surface area contributed by atoms with E-state index in [4.69, 9.17) is 5.11 Å². The summed E-state index contributed by atoms with van der Waals surface area (Å²) < 4.78 is 0. The second-order valence-corrected chi connectivity index (χ2v) is 3.51. The lowest BCUT2D eigenvalue weighted by molar-refractivity contribution is 0.0914. The molecular formula is C11H16N2O2. The highest BCUT2D eigenvalue weighted by Gasteiger charge is 2.11. The molecule has 82 valence electrons. The number of aryl methyl sites for hydroxylation is 1. The van der Waals surface area contributed by atoms with Gasteiger partial charge in [0.05, 0.1) is 18.2 Å². The smallest absolute Gasteiger partial charge is 0.253 e. The molecular weight excluding hydrogens is 192 g/mol. The predicted octanol–water partition coefficient (Wildman–Crippen LogP) is 0.891. The minimum atomic E-state index is -0.188. The van der Waals surface area contributed by atoms with Crippen LogP contribution in [0.4, 0.5) is 0 Å². The fourth-order valence-corrected chi connectivity index (χ4v) is 1.22. The second-order valence-electron chi connectivity index (χ2n) is 3.51. The molecule has 4 heteroatoms. The Labute approximate surface area is 89.3 Å². The highest BCUT2D eigenvalue weighted by molar-refractivity contribution is 5.94. The monoisotopic (exact) mass is 208 g/mol. The summed E-state index contributed by atoms with van der Waals surface area (Å²) >= 11 is 0. The number of aromatic nitrogens is 1. The topological polar surface area (TPSA) is 62.2 Å². The second kappa shape index (κ2) is 5.46. The van der Waals surface area contributed by atoms with Gasteiger partial charge in [0.2, 0.25) is 0 Å². The number of aliphatic hydroxyl groups is 1. The van der Waals surface area contributed by atoms with Gasteiger partial charge >= 0.3 is 0 Å². The number of nitrogens with one attached hydrogen (secondary N) is 1. The molecule has 2 N–H and O–H groups in total. The van der Waals surface area contributed by atoms with E-state index in [2.05, 4.69) is 10.3 Å². The van der Waals surface area contributed by atoms with E-state index in [9.17, 15) is 4.79 Å². The molecule has 1 rings (SSSR count). The van der Waals surface area contributed by atoms with Gasteiger partial charge in [-0.1, -0.05) is 6.92 Å². The number of nitrogens with zero attached hydrogens (tertiary/aromatic N) is 1. The average molecular weight is 208 g/mol. The van der Waals surface area contributed by atoms with Crippen LogP contribution >= 0.6 is 0 Å². The summed E-state index contributed by atoms with van der Waals surface area (Å²) in [6.07, 6.45) is 3.92. The average Bonchev–Trinajstić information content (AvgIpc) is 2.25. The third-order valence-electron chi connectivity index (χ3n) is 2.19. The van der Waals surface area contributed by atoms with Crippen LogP contribution in [0.25, 0.3) is 0 Å². The first-order chi connectivity index (χ1) is 7.17. The van der Waals surface area contributed by atoms with Gasteiger partial charge < -0.3 is 10.4 Å². The number of hydrogen-bond acceptors (Lipinski definition) is 3. The molecule has 0 radical (unpaired) electrons. The number of hydrogen-bond donors (Lipinski definition) is 2. The molecule has 0 aliphatic heterocycles. The Morgan fingerprint density at radius 1 is 1.60 bits per heavy atom. The third kappa shape index (κ3) is 3.32. The zero-order valence-corrected chi connectivity index (χ0v) is 9.03. The molecule has 1 aromatic rings. The maximum absolute atomic E-state index is 11.7. The van der Waals surface area contributed by atoms with Crippen molar-refractivity contribution in [2.75, 3.05) is 6.61 Å². The predicted molar refractivity (Wildman–Crippen MR) is 57.6 cm³/mol. The summed E-state index contributed by atoms with van der Waals surface area (Å²) in [5.41, 5.74) is 1.47. The zero-order valence-electron chi connectivity index (χ0n) is 9.03. The van der Waals surface area contributed by atoms with Crippen LogP contribution in [0.2, 0.25) is 0 Å². The van der Waals surface area contributed by atoms with Gasteiger partial charge in [-0.3, -0.25) is 9.78 Å². The SMILES string of the molecule is CC[C@H](CO)NC(=O)c1cncc(C)c1. The first-order valence-electron chi connectivity index (χ1n) is 5.00. The Balaban J connectivity index is 2.68. The normalized spacial score (nSPS) is 12.2. The van der Waals surface area contributed by atoms with Crippen molar-refractivity contribution in [1.82, 2.24) is 10.3 Å². The Bertz CT molecular complexity index is 335. The van der Waals surface area contributed by atoms with E-state index in [1.165, 1.54) is 6.20 Å². The summed E-state index contributed by atoms with van der Waals surface area (Å²) in [4.78, 5) is 15.6. The molecule has 1 amide bonds. The van der Waals surface area contributed by atoms with E-state index < -0.39 is 0 Å². The van der Waals surface area contributed by atoms with Gasteiger partial charge in [0.25, 0.3) is 5.91 Å². The number of carbonyl (C=O) groups excluding carboxylic acids is 1. The van der Waals surface area contributed by atoms with Crippen molar-refractivity contribution < 1.29 is 9.90 Å². The Hall–Kier alpha value is -1.42. The van der Waals surface area contributed by atoms with Crippen molar-refractivity contribution in [2.24, 2.45) is 0 Å². The summed E-state index contributed by atoms with van der Waals surface area (Å²) in [5.74, 6) is -0.188. The van der Waals surface area contributed by atoms with E-state index >= 15 is 0 Å². The van der Waals surface area contributed by atoms with Crippen molar-refractivity contribution in [3.05, 3.63) is 29.6 Å². The zero-order chi connectivity index (χ0) is 11.3. The van der Waals surface area contributed by atoms with Crippen LogP contribution in [0.15, 0.2) is 18.5 Å². The van der Waals surface area contributed by atoms with Crippen LogP contribution in [-0.4, -0.2) is 28.6 Å². The lowest BCUT2D eigenvalue weighted by Crippen LogP contribution is -2.36. The molecule has 0 spiro atoms. The molecule has 0 aliphatic rings. The molecule has 0 bridgehead atoms. The largest absolute Gasteiger partial charge is 0.394 e. The maximum atomic E-state index is 11.7. The third-order valence-corrected chi connectivity index (χ3v) is 2.19. The van der Waals surface area contributed by atoms with Crippen LogP contribution < -0.4 is 5.32 Å². The van der Waals surface area contributed by atoms with E-state index in [-0.39, 0.29) is 18.6 Å². The standard InChI is InChI=1S/C11H16N2O2/c1-3-10(7-14)13-11(15)9-4-8(2)5-12-6-9/h4-6,10,14H,3,7H2,1-2H3,(H,13,15)/t10-/m1/s1. The minimum absolute atomic E-state index is 0.0402. The molecule has 0 fully saturated rings. The van der Waals surface area contributed by atoms with Gasteiger partial charge in [-0.05, 0) is 25.0 Å². The molecule has 15 heavy (non-hydrogen) atoms. The van der Waals surface area contributed by atoms with Crippen LogP contribution in [-0.2, 0) is 0 Å². The lowest BCUT2D eigenvalue weighted by Gasteiger charge is -2.13. The van der Waals surface area contributed by atoms with E-state index in [1.54, 1.807) is 12.3 Å². The summed E-state index contributed by atoms with van der Waals surface area (Å²) in [7, 11) is 0. The van der Waals surface area contributed by atoms with Crippen molar-refractivity contribution in [3.8, 4) is 0 Å². The maximum Gasteiger partial charge on any atom is 0.253 e. The van der Waals surface area contributed by atoms with Crippen LogP contribution in [0.1, 0.15) is 29.3 Å². The summed E-state index contributed by atoms with van der Waals surface area (Å²) in [5, 5.41) is 11.7. The fourth-order valence-electron chi connectivity index (χ4n) is 1.22. The van der Waals surface area contributed by atoms with Crippen LogP contribution in [0.3, 0.4) is 0 Å². The minimum Gasteiger partial charge on any atom is -0.394 e. The molecule has 0 aromatic carbocycles. The number of rotatable bonds is 4. The Morgan fingerprint density at radius 3 is 2.87 bits per heavy atom. The molecule has 1 aromatic heterocycles. The molecule has 0 saturated carbocycles. The number of amides is 1. The Kier molecular flexibility index (Phi) is 4.24. The van der Waals surface area contributed by atoms with Gasteiger partial charge in [0.1, 0.15) is 0 Å². The molecule has 0 aliphatic carbocycles. The number of aliphatic hydroxyl groups excluding tert-OH is 1. The summed E-state index contributed by atoms with van der Waals surface area (Å²) in [6, 6.07) is 1.59. The van der Waals surface area contributed by atoms with Crippen molar-refractivity contribution >= 4 is 5.91 Å². The fraction of sp³-hybridized carbons (Fsp3) is 0.455. The van der Waals surface area contributed by atoms with Gasteiger partial charge in [0.15, 0.2) is 0 Å². The van der Waals surface area contributed by atoms with Crippen molar-refractivity contribution in [1.29, 1.82) is 0 Å². The highest BCUT2D eigenvalue weighted by atomic mass is 16.3. The molecule has 1 heterocycles. The molecule has 0 saturated heterocycles.